The zero-order chi connectivity index (χ0) is 29.2. The van der Waals surface area contributed by atoms with Crippen molar-refractivity contribution >= 4 is 11.6 Å². The summed E-state index contributed by atoms with van der Waals surface area (Å²) in [7, 11) is 0. The molecule has 2 unspecified atom stereocenters. The molecule has 0 radical (unpaired) electrons. The van der Waals surface area contributed by atoms with Gasteiger partial charge in [-0.3, -0.25) is 14.7 Å². The Balaban J connectivity index is 1.57. The predicted octanol–water partition coefficient (Wildman–Crippen LogP) is 8.34. The number of hydrogen-bond acceptors (Lipinski definition) is 3. The number of aromatic nitrogens is 1. The van der Waals surface area contributed by atoms with Gasteiger partial charge in [-0.15, -0.1) is 0 Å². The van der Waals surface area contributed by atoms with Crippen molar-refractivity contribution in [3.8, 4) is 0 Å². The summed E-state index contributed by atoms with van der Waals surface area (Å²) in [6, 6.07) is 22.3. The molecule has 0 aliphatic carbocycles. The van der Waals surface area contributed by atoms with E-state index in [4.69, 9.17) is 0 Å². The minimum atomic E-state index is 0.219. The van der Waals surface area contributed by atoms with E-state index in [2.05, 4.69) is 99.1 Å². The van der Waals surface area contributed by atoms with Crippen molar-refractivity contribution < 1.29 is 4.79 Å². The monoisotopic (exact) mass is 553 g/mol. The van der Waals surface area contributed by atoms with E-state index in [1.807, 2.05) is 17.2 Å². The van der Waals surface area contributed by atoms with E-state index in [1.54, 1.807) is 0 Å². The summed E-state index contributed by atoms with van der Waals surface area (Å²) < 4.78 is 0. The Morgan fingerprint density at radius 3 is 2.56 bits per heavy atom. The van der Waals surface area contributed by atoms with Gasteiger partial charge in [-0.1, -0.05) is 83.9 Å². The van der Waals surface area contributed by atoms with Gasteiger partial charge in [0, 0.05) is 36.7 Å². The average Bonchev–Trinajstić information content (AvgIpc) is 3.39. The molecule has 3 aromatic rings. The third-order valence-corrected chi connectivity index (χ3v) is 8.77. The van der Waals surface area contributed by atoms with Gasteiger partial charge in [0.15, 0.2) is 0 Å². The maximum absolute atomic E-state index is 14.0. The summed E-state index contributed by atoms with van der Waals surface area (Å²) in [6.07, 6.45) is 10.3. The van der Waals surface area contributed by atoms with Gasteiger partial charge in [-0.2, -0.15) is 0 Å². The minimum absolute atomic E-state index is 0.219. The molecule has 41 heavy (non-hydrogen) atoms. The molecule has 2 heterocycles. The molecule has 1 aliphatic rings. The van der Waals surface area contributed by atoms with E-state index in [0.29, 0.717) is 24.4 Å². The molecule has 0 saturated carbocycles. The second kappa shape index (κ2) is 15.3. The lowest BCUT2D eigenvalue weighted by Gasteiger charge is -2.29. The van der Waals surface area contributed by atoms with Crippen LogP contribution in [0.1, 0.15) is 107 Å². The molecule has 2 aromatic carbocycles. The number of pyridine rings is 1. The first-order chi connectivity index (χ1) is 19.9. The molecule has 1 saturated heterocycles. The quantitative estimate of drug-likeness (QED) is 0.201. The standard InChI is InChI=1S/C37H51N3O/c1-6-9-22-40(35-16-12-14-29(8-3)23-35)37(41)27-39-26-32(25-34(39)19-18-33-15-10-11-21-38-33)30-17-20-36(28(4)5)31(24-30)13-7-2/h10-12,14-17,20-21,23-24,28,32,34H,6-9,13,18-19,22,25-27H2,1-5H3. The molecular weight excluding hydrogens is 502 g/mol. The Bertz CT molecular complexity index is 1240. The van der Waals surface area contributed by atoms with Crippen LogP contribution < -0.4 is 4.90 Å². The number of aryl methyl sites for hydroxylation is 3. The zero-order valence-corrected chi connectivity index (χ0v) is 26.1. The van der Waals surface area contributed by atoms with E-state index in [0.717, 1.165) is 75.8 Å². The number of rotatable bonds is 14. The summed E-state index contributed by atoms with van der Waals surface area (Å²) in [5.74, 6) is 1.20. The van der Waals surface area contributed by atoms with E-state index in [-0.39, 0.29) is 5.91 Å². The zero-order valence-electron chi connectivity index (χ0n) is 26.1. The lowest BCUT2D eigenvalue weighted by atomic mass is 9.88. The fourth-order valence-corrected chi connectivity index (χ4v) is 6.43. The van der Waals surface area contributed by atoms with Gasteiger partial charge in [0.2, 0.25) is 5.91 Å². The first kappa shape index (κ1) is 31.0. The first-order valence-corrected chi connectivity index (χ1v) is 16.1. The highest BCUT2D eigenvalue weighted by Gasteiger charge is 2.35. The lowest BCUT2D eigenvalue weighted by Crippen LogP contribution is -2.43. The maximum Gasteiger partial charge on any atom is 0.241 e. The molecule has 0 bridgehead atoms. The van der Waals surface area contributed by atoms with Crippen molar-refractivity contribution in [1.82, 2.24) is 9.88 Å². The molecular formula is C37H51N3O. The number of carbonyl (C=O) groups is 1. The van der Waals surface area contributed by atoms with Crippen LogP contribution >= 0.6 is 0 Å². The van der Waals surface area contributed by atoms with E-state index in [9.17, 15) is 4.79 Å². The van der Waals surface area contributed by atoms with Crippen molar-refractivity contribution in [3.63, 3.8) is 0 Å². The second-order valence-electron chi connectivity index (χ2n) is 12.2. The number of hydrogen-bond donors (Lipinski definition) is 0. The topological polar surface area (TPSA) is 36.4 Å². The highest BCUT2D eigenvalue weighted by molar-refractivity contribution is 5.95. The molecule has 0 N–H and O–H groups in total. The number of unbranched alkanes of at least 4 members (excludes halogenated alkanes) is 1. The first-order valence-electron chi connectivity index (χ1n) is 16.1. The molecule has 4 heteroatoms. The van der Waals surface area contributed by atoms with Gasteiger partial charge < -0.3 is 4.90 Å². The van der Waals surface area contributed by atoms with Gasteiger partial charge in [-0.05, 0) is 96.9 Å². The molecule has 4 nitrogen and oxygen atoms in total. The van der Waals surface area contributed by atoms with E-state index in [1.165, 1.54) is 22.3 Å². The molecule has 1 aliphatic heterocycles. The van der Waals surface area contributed by atoms with E-state index >= 15 is 0 Å². The molecule has 0 spiro atoms. The van der Waals surface area contributed by atoms with Crippen molar-refractivity contribution in [1.29, 1.82) is 0 Å². The third-order valence-electron chi connectivity index (χ3n) is 8.77. The molecule has 1 amide bonds. The van der Waals surface area contributed by atoms with Crippen LogP contribution in [-0.2, 0) is 24.1 Å². The molecule has 1 aromatic heterocycles. The summed E-state index contributed by atoms with van der Waals surface area (Å²) in [5, 5.41) is 0. The van der Waals surface area contributed by atoms with E-state index < -0.39 is 0 Å². The number of benzene rings is 2. The number of anilines is 1. The number of likely N-dealkylation sites (tertiary alicyclic amines) is 1. The van der Waals surface area contributed by atoms with Crippen LogP contribution in [0.25, 0.3) is 0 Å². The number of nitrogens with zero attached hydrogens (tertiary/aromatic N) is 3. The fourth-order valence-electron chi connectivity index (χ4n) is 6.43. The minimum Gasteiger partial charge on any atom is -0.311 e. The Kier molecular flexibility index (Phi) is 11.6. The highest BCUT2D eigenvalue weighted by atomic mass is 16.2. The Labute approximate surface area is 249 Å². The van der Waals surface area contributed by atoms with Crippen molar-refractivity contribution in [2.24, 2.45) is 0 Å². The Morgan fingerprint density at radius 2 is 1.85 bits per heavy atom. The second-order valence-corrected chi connectivity index (χ2v) is 12.2. The van der Waals surface area contributed by atoms with Crippen LogP contribution in [0, 0.1) is 0 Å². The van der Waals surface area contributed by atoms with Gasteiger partial charge >= 0.3 is 0 Å². The Morgan fingerprint density at radius 1 is 1.00 bits per heavy atom. The lowest BCUT2D eigenvalue weighted by molar-refractivity contribution is -0.120. The van der Waals surface area contributed by atoms with Gasteiger partial charge in [0.25, 0.3) is 0 Å². The van der Waals surface area contributed by atoms with Crippen LogP contribution in [0.4, 0.5) is 5.69 Å². The van der Waals surface area contributed by atoms with Crippen LogP contribution in [0.3, 0.4) is 0 Å². The van der Waals surface area contributed by atoms with Gasteiger partial charge in [0.1, 0.15) is 0 Å². The van der Waals surface area contributed by atoms with Gasteiger partial charge in [-0.25, -0.2) is 0 Å². The van der Waals surface area contributed by atoms with Crippen molar-refractivity contribution in [2.75, 3.05) is 24.5 Å². The Hall–Kier alpha value is -2.98. The van der Waals surface area contributed by atoms with Crippen LogP contribution in [0.15, 0.2) is 66.9 Å². The normalized spacial score (nSPS) is 17.3. The largest absolute Gasteiger partial charge is 0.311 e. The summed E-state index contributed by atoms with van der Waals surface area (Å²) in [6.45, 7) is 13.4. The maximum atomic E-state index is 14.0. The SMILES string of the molecule is CCCCN(C(=O)CN1CC(c2ccc(C(C)C)c(CCC)c2)CC1CCc1ccccn1)c1cccc(CC)c1. The summed E-state index contributed by atoms with van der Waals surface area (Å²) >= 11 is 0. The number of amides is 1. The molecule has 4 rings (SSSR count). The molecule has 1 fully saturated rings. The smallest absolute Gasteiger partial charge is 0.241 e. The molecule has 2 atom stereocenters. The van der Waals surface area contributed by atoms with Gasteiger partial charge in [0.05, 0.1) is 6.54 Å². The van der Waals surface area contributed by atoms with Crippen LogP contribution in [0.5, 0.6) is 0 Å². The summed E-state index contributed by atoms with van der Waals surface area (Å²) in [5.41, 5.74) is 7.87. The van der Waals surface area contributed by atoms with Crippen molar-refractivity contribution in [3.05, 3.63) is 94.8 Å². The average molecular weight is 554 g/mol. The van der Waals surface area contributed by atoms with Crippen LogP contribution in [0.2, 0.25) is 0 Å². The summed E-state index contributed by atoms with van der Waals surface area (Å²) in [4.78, 5) is 23.1. The predicted molar refractivity (Wildman–Crippen MR) is 173 cm³/mol. The molecule has 220 valence electrons. The third kappa shape index (κ3) is 8.29. The number of carbonyl (C=O) groups excluding carboxylic acids is 1. The van der Waals surface area contributed by atoms with Crippen LogP contribution in [-0.4, -0.2) is 41.5 Å². The fraction of sp³-hybridized carbons (Fsp3) is 0.514. The van der Waals surface area contributed by atoms with Crippen molar-refractivity contribution in [2.45, 2.75) is 104 Å². The highest BCUT2D eigenvalue weighted by Crippen LogP contribution is 2.36.